The molecule has 19 heavy (non-hydrogen) atoms. The van der Waals surface area contributed by atoms with Crippen molar-refractivity contribution in [2.45, 2.75) is 45.8 Å². The van der Waals surface area contributed by atoms with Crippen molar-refractivity contribution in [1.82, 2.24) is 10.6 Å². The molecule has 1 atom stereocenters. The van der Waals surface area contributed by atoms with Crippen molar-refractivity contribution < 1.29 is 4.42 Å². The number of hydrogen-bond acceptors (Lipinski definition) is 3. The van der Waals surface area contributed by atoms with E-state index in [2.05, 4.69) is 44.4 Å². The maximum absolute atomic E-state index is 5.54. The number of rotatable bonds is 5. The molecular weight excluding hydrogens is 236 g/mol. The Morgan fingerprint density at radius 1 is 1.21 bits per heavy atom. The Balaban J connectivity index is 1.88. The molecule has 2 rings (SSSR count). The van der Waals surface area contributed by atoms with E-state index in [9.17, 15) is 0 Å². The normalized spacial score (nSPS) is 13.9. The Bertz CT molecular complexity index is 525. The van der Waals surface area contributed by atoms with Crippen LogP contribution in [-0.4, -0.2) is 18.1 Å². The number of hydrogen-bond donors (Lipinski definition) is 2. The largest absolute Gasteiger partial charge is 0.464 e. The monoisotopic (exact) mass is 260 g/mol. The highest BCUT2D eigenvalue weighted by molar-refractivity contribution is 5.80. The Morgan fingerprint density at radius 3 is 2.68 bits per heavy atom. The molecule has 0 saturated carbocycles. The Labute approximate surface area is 115 Å². The summed E-state index contributed by atoms with van der Waals surface area (Å²) in [7, 11) is 0. The minimum absolute atomic E-state index is 0.165. The van der Waals surface area contributed by atoms with Gasteiger partial charge in [0.05, 0.1) is 6.26 Å². The molecule has 2 N–H and O–H groups in total. The molecular formula is C16H24N2O. The second-order valence-electron chi connectivity index (χ2n) is 6.17. The second-order valence-corrected chi connectivity index (χ2v) is 6.17. The van der Waals surface area contributed by atoms with Crippen LogP contribution in [0.4, 0.5) is 0 Å². The summed E-state index contributed by atoms with van der Waals surface area (Å²) in [6, 6.07) is 8.58. The lowest BCUT2D eigenvalue weighted by atomic mass is 10.1. The summed E-state index contributed by atoms with van der Waals surface area (Å²) in [5.74, 6) is 0. The van der Waals surface area contributed by atoms with Gasteiger partial charge in [-0.25, -0.2) is 0 Å². The van der Waals surface area contributed by atoms with Gasteiger partial charge in [0.1, 0.15) is 5.58 Å². The van der Waals surface area contributed by atoms with Crippen molar-refractivity contribution in [2.75, 3.05) is 6.54 Å². The minimum Gasteiger partial charge on any atom is -0.464 e. The Kier molecular flexibility index (Phi) is 4.27. The fraction of sp³-hybridized carbons (Fsp3) is 0.500. The lowest BCUT2D eigenvalue weighted by Gasteiger charge is -2.24. The van der Waals surface area contributed by atoms with Crippen molar-refractivity contribution in [3.8, 4) is 0 Å². The zero-order valence-electron chi connectivity index (χ0n) is 12.3. The molecule has 104 valence electrons. The van der Waals surface area contributed by atoms with Gasteiger partial charge in [0.25, 0.3) is 0 Å². The summed E-state index contributed by atoms with van der Waals surface area (Å²) in [6.07, 6.45) is 1.85. The molecule has 3 nitrogen and oxygen atoms in total. The fourth-order valence-corrected chi connectivity index (χ4v) is 1.99. The topological polar surface area (TPSA) is 37.2 Å². The molecule has 0 spiro atoms. The molecule has 1 unspecified atom stereocenters. The predicted octanol–water partition coefficient (Wildman–Crippen LogP) is 3.30. The van der Waals surface area contributed by atoms with E-state index >= 15 is 0 Å². The molecule has 1 aromatic carbocycles. The zero-order valence-corrected chi connectivity index (χ0v) is 12.3. The molecule has 0 radical (unpaired) electrons. The van der Waals surface area contributed by atoms with Crippen molar-refractivity contribution >= 4 is 11.0 Å². The number of furan rings is 1. The minimum atomic E-state index is 0.165. The maximum atomic E-state index is 5.54. The first-order chi connectivity index (χ1) is 8.96. The van der Waals surface area contributed by atoms with Crippen LogP contribution in [0.1, 0.15) is 33.3 Å². The predicted molar refractivity (Wildman–Crippen MR) is 80.3 cm³/mol. The molecule has 1 aromatic heterocycles. The molecule has 3 heteroatoms. The van der Waals surface area contributed by atoms with Gasteiger partial charge in [-0.1, -0.05) is 18.2 Å². The van der Waals surface area contributed by atoms with Gasteiger partial charge in [-0.15, -0.1) is 0 Å². The summed E-state index contributed by atoms with van der Waals surface area (Å²) in [4.78, 5) is 0. The van der Waals surface area contributed by atoms with Crippen LogP contribution in [0.3, 0.4) is 0 Å². The van der Waals surface area contributed by atoms with Crippen LogP contribution < -0.4 is 10.6 Å². The highest BCUT2D eigenvalue weighted by Gasteiger charge is 2.11. The first kappa shape index (κ1) is 14.1. The summed E-state index contributed by atoms with van der Waals surface area (Å²) < 4.78 is 5.54. The zero-order chi connectivity index (χ0) is 13.9. The third-order valence-corrected chi connectivity index (χ3v) is 3.14. The van der Waals surface area contributed by atoms with Crippen LogP contribution in [0.15, 0.2) is 34.9 Å². The van der Waals surface area contributed by atoms with Crippen LogP contribution in [0.25, 0.3) is 11.0 Å². The van der Waals surface area contributed by atoms with Crippen LogP contribution in [-0.2, 0) is 6.54 Å². The number of nitrogens with one attached hydrogen (secondary N) is 2. The molecule has 0 aliphatic heterocycles. The summed E-state index contributed by atoms with van der Waals surface area (Å²) in [6.45, 7) is 10.5. The highest BCUT2D eigenvalue weighted by Crippen LogP contribution is 2.20. The van der Waals surface area contributed by atoms with Crippen molar-refractivity contribution in [3.05, 3.63) is 36.1 Å². The van der Waals surface area contributed by atoms with Gasteiger partial charge in [-0.2, -0.15) is 0 Å². The van der Waals surface area contributed by atoms with E-state index in [0.717, 1.165) is 18.7 Å². The first-order valence-electron chi connectivity index (χ1n) is 6.89. The quantitative estimate of drug-likeness (QED) is 0.866. The Hall–Kier alpha value is -1.32. The average molecular weight is 260 g/mol. The van der Waals surface area contributed by atoms with E-state index < -0.39 is 0 Å². The van der Waals surface area contributed by atoms with Crippen molar-refractivity contribution in [3.63, 3.8) is 0 Å². The fourth-order valence-electron chi connectivity index (χ4n) is 1.99. The molecule has 0 bridgehead atoms. The molecule has 2 aromatic rings. The number of para-hydroxylation sites is 1. The van der Waals surface area contributed by atoms with E-state index in [1.165, 1.54) is 10.9 Å². The second kappa shape index (κ2) is 5.76. The molecule has 1 heterocycles. The van der Waals surface area contributed by atoms with Crippen LogP contribution >= 0.6 is 0 Å². The smallest absolute Gasteiger partial charge is 0.134 e. The highest BCUT2D eigenvalue weighted by atomic mass is 16.3. The molecule has 0 fully saturated rings. The lowest BCUT2D eigenvalue weighted by Crippen LogP contribution is -2.44. The van der Waals surface area contributed by atoms with Gasteiger partial charge in [0.15, 0.2) is 0 Å². The SMILES string of the molecule is CC(CNC(C)(C)C)NCc1coc2ccccc12. The van der Waals surface area contributed by atoms with Gasteiger partial charge in [0, 0.05) is 35.6 Å². The van der Waals surface area contributed by atoms with Gasteiger partial charge in [0.2, 0.25) is 0 Å². The summed E-state index contributed by atoms with van der Waals surface area (Å²) >= 11 is 0. The molecule has 0 aliphatic carbocycles. The van der Waals surface area contributed by atoms with Crippen LogP contribution in [0.2, 0.25) is 0 Å². The maximum Gasteiger partial charge on any atom is 0.134 e. The Morgan fingerprint density at radius 2 is 1.95 bits per heavy atom. The van der Waals surface area contributed by atoms with Crippen LogP contribution in [0.5, 0.6) is 0 Å². The first-order valence-corrected chi connectivity index (χ1v) is 6.89. The van der Waals surface area contributed by atoms with E-state index in [4.69, 9.17) is 4.42 Å². The number of benzene rings is 1. The van der Waals surface area contributed by atoms with E-state index in [0.29, 0.717) is 6.04 Å². The molecule has 0 saturated heterocycles. The summed E-state index contributed by atoms with van der Waals surface area (Å²) in [5.41, 5.74) is 2.34. The lowest BCUT2D eigenvalue weighted by molar-refractivity contribution is 0.387. The van der Waals surface area contributed by atoms with Crippen molar-refractivity contribution in [2.24, 2.45) is 0 Å². The molecule has 0 aliphatic rings. The van der Waals surface area contributed by atoms with Gasteiger partial charge >= 0.3 is 0 Å². The van der Waals surface area contributed by atoms with E-state index in [1.807, 2.05) is 24.5 Å². The molecule has 0 amide bonds. The van der Waals surface area contributed by atoms with Gasteiger partial charge in [-0.05, 0) is 33.8 Å². The van der Waals surface area contributed by atoms with Gasteiger partial charge in [-0.3, -0.25) is 0 Å². The van der Waals surface area contributed by atoms with Gasteiger partial charge < -0.3 is 15.1 Å². The third kappa shape index (κ3) is 4.08. The number of fused-ring (bicyclic) bond motifs is 1. The van der Waals surface area contributed by atoms with Crippen molar-refractivity contribution in [1.29, 1.82) is 0 Å². The standard InChI is InChI=1S/C16H24N2O/c1-12(9-18-16(2,3)4)17-10-13-11-19-15-8-6-5-7-14(13)15/h5-8,11-12,17-18H,9-10H2,1-4H3. The summed E-state index contributed by atoms with van der Waals surface area (Å²) in [5, 5.41) is 8.23. The van der Waals surface area contributed by atoms with E-state index in [-0.39, 0.29) is 5.54 Å². The van der Waals surface area contributed by atoms with E-state index in [1.54, 1.807) is 0 Å². The average Bonchev–Trinajstić information content (AvgIpc) is 2.76. The van der Waals surface area contributed by atoms with Crippen LogP contribution in [0, 0.1) is 0 Å². The third-order valence-electron chi connectivity index (χ3n) is 3.14.